The third-order valence-corrected chi connectivity index (χ3v) is 14.0. The summed E-state index contributed by atoms with van der Waals surface area (Å²) in [4.78, 5) is 23.3. The van der Waals surface area contributed by atoms with E-state index in [1.54, 1.807) is 0 Å². The first-order valence-electron chi connectivity index (χ1n) is 15.4. The van der Waals surface area contributed by atoms with E-state index < -0.39 is 11.9 Å². The number of carboxylic acids is 1. The summed E-state index contributed by atoms with van der Waals surface area (Å²) >= 11 is 0. The quantitative estimate of drug-likeness (QED) is 0.229. The molecule has 212 valence electrons. The maximum absolute atomic E-state index is 12.4. The number of esters is 1. The lowest BCUT2D eigenvalue weighted by Gasteiger charge is -2.73. The standard InChI is InChI=1S/C34H52O4/c1-21(2)22-13-16-31(5)19-20-33(7)23(29(22)31)9-10-25-32(6)17-15-26(38-28(37)12-11-27(35)36)30(3,4)24(32)14-18-34(25,33)8/h11-12,22-26,29H,1,9-10,13-20H2,2-8H3,(H,35,36)/b12-11-/t22-,23+,24-,25+,26?,29+,31+,32-,33+,34+/m0/s1. The highest BCUT2D eigenvalue weighted by Crippen LogP contribution is 2.77. The fraction of sp³-hybridized carbons (Fsp3) is 0.824. The van der Waals surface area contributed by atoms with Gasteiger partial charge in [0.15, 0.2) is 0 Å². The number of ether oxygens (including phenoxy) is 1. The van der Waals surface area contributed by atoms with E-state index in [1.807, 2.05) is 0 Å². The van der Waals surface area contributed by atoms with Crippen molar-refractivity contribution in [3.05, 3.63) is 24.3 Å². The fourth-order valence-corrected chi connectivity index (χ4v) is 12.0. The summed E-state index contributed by atoms with van der Waals surface area (Å²) in [5.74, 6) is 1.79. The van der Waals surface area contributed by atoms with E-state index in [0.717, 1.165) is 36.8 Å². The minimum absolute atomic E-state index is 0.138. The minimum Gasteiger partial charge on any atom is -0.478 e. The Hall–Kier alpha value is -1.58. The van der Waals surface area contributed by atoms with Gasteiger partial charge in [0.05, 0.1) is 0 Å². The summed E-state index contributed by atoms with van der Waals surface area (Å²) < 4.78 is 5.91. The van der Waals surface area contributed by atoms with E-state index in [1.165, 1.54) is 56.9 Å². The Kier molecular flexibility index (Phi) is 6.60. The maximum atomic E-state index is 12.4. The third kappa shape index (κ3) is 3.81. The summed E-state index contributed by atoms with van der Waals surface area (Å²) in [5.41, 5.74) is 2.68. The minimum atomic E-state index is -1.12. The van der Waals surface area contributed by atoms with Crippen LogP contribution in [0, 0.1) is 56.7 Å². The van der Waals surface area contributed by atoms with Gasteiger partial charge in [-0.05, 0) is 122 Å². The van der Waals surface area contributed by atoms with Crippen molar-refractivity contribution in [2.45, 2.75) is 119 Å². The molecule has 5 fully saturated rings. The third-order valence-electron chi connectivity index (χ3n) is 14.0. The second kappa shape index (κ2) is 8.96. The number of aliphatic carboxylic acids is 1. The maximum Gasteiger partial charge on any atom is 0.331 e. The van der Waals surface area contributed by atoms with Crippen LogP contribution in [0.3, 0.4) is 0 Å². The van der Waals surface area contributed by atoms with Gasteiger partial charge in [-0.1, -0.05) is 53.7 Å². The molecule has 0 bridgehead atoms. The molecule has 10 atom stereocenters. The Bertz CT molecular complexity index is 1040. The lowest BCUT2D eigenvalue weighted by molar-refractivity contribution is -0.248. The molecular weight excluding hydrogens is 472 g/mol. The van der Waals surface area contributed by atoms with E-state index in [0.29, 0.717) is 34.0 Å². The first-order chi connectivity index (χ1) is 17.6. The molecule has 4 nitrogen and oxygen atoms in total. The molecule has 0 heterocycles. The Morgan fingerprint density at radius 2 is 1.53 bits per heavy atom. The van der Waals surface area contributed by atoms with Crippen molar-refractivity contribution in [3.63, 3.8) is 0 Å². The highest BCUT2D eigenvalue weighted by molar-refractivity contribution is 5.90. The molecule has 0 aromatic carbocycles. The number of rotatable bonds is 4. The number of hydrogen-bond acceptors (Lipinski definition) is 3. The largest absolute Gasteiger partial charge is 0.478 e. The van der Waals surface area contributed by atoms with Crippen molar-refractivity contribution in [1.29, 1.82) is 0 Å². The molecular formula is C34H52O4. The van der Waals surface area contributed by atoms with Crippen molar-refractivity contribution >= 4 is 11.9 Å². The Morgan fingerprint density at radius 3 is 2.18 bits per heavy atom. The average molecular weight is 525 g/mol. The average Bonchev–Trinajstić information content (AvgIpc) is 3.18. The summed E-state index contributed by atoms with van der Waals surface area (Å²) in [6.07, 6.45) is 14.3. The van der Waals surface area contributed by atoms with Gasteiger partial charge < -0.3 is 9.84 Å². The molecule has 4 heteroatoms. The highest BCUT2D eigenvalue weighted by Gasteiger charge is 2.70. The fourth-order valence-electron chi connectivity index (χ4n) is 12.0. The van der Waals surface area contributed by atoms with Crippen LogP contribution in [0.5, 0.6) is 0 Å². The smallest absolute Gasteiger partial charge is 0.331 e. The van der Waals surface area contributed by atoms with Crippen molar-refractivity contribution in [3.8, 4) is 0 Å². The Labute approximate surface area is 231 Å². The van der Waals surface area contributed by atoms with Crippen LogP contribution in [-0.2, 0) is 14.3 Å². The van der Waals surface area contributed by atoms with Crippen LogP contribution in [0.15, 0.2) is 24.3 Å². The van der Waals surface area contributed by atoms with Gasteiger partial charge in [-0.3, -0.25) is 0 Å². The van der Waals surface area contributed by atoms with Gasteiger partial charge in [-0.25, -0.2) is 9.59 Å². The summed E-state index contributed by atoms with van der Waals surface area (Å²) in [6, 6.07) is 0. The molecule has 5 saturated carbocycles. The van der Waals surface area contributed by atoms with Gasteiger partial charge in [0.25, 0.3) is 0 Å². The zero-order valence-corrected chi connectivity index (χ0v) is 25.1. The number of carbonyl (C=O) groups is 2. The molecule has 5 rings (SSSR count). The highest BCUT2D eigenvalue weighted by atomic mass is 16.5. The van der Waals surface area contributed by atoms with Crippen LogP contribution >= 0.6 is 0 Å². The molecule has 1 unspecified atom stereocenters. The predicted octanol–water partition coefficient (Wildman–Crippen LogP) is 8.22. The first-order valence-corrected chi connectivity index (χ1v) is 15.4. The molecule has 0 aromatic rings. The van der Waals surface area contributed by atoms with E-state index >= 15 is 0 Å². The first kappa shape index (κ1) is 28.0. The van der Waals surface area contributed by atoms with Gasteiger partial charge in [-0.2, -0.15) is 0 Å². The zero-order valence-electron chi connectivity index (χ0n) is 25.1. The van der Waals surface area contributed by atoms with Gasteiger partial charge in [0.2, 0.25) is 0 Å². The number of fused-ring (bicyclic) bond motifs is 7. The van der Waals surface area contributed by atoms with Gasteiger partial charge in [0, 0.05) is 17.6 Å². The van der Waals surface area contributed by atoms with Crippen LogP contribution < -0.4 is 0 Å². The van der Waals surface area contributed by atoms with Crippen LogP contribution in [0.25, 0.3) is 0 Å². The Balaban J connectivity index is 1.43. The van der Waals surface area contributed by atoms with Crippen LogP contribution in [0.4, 0.5) is 0 Å². The lowest BCUT2D eigenvalue weighted by atomic mass is 9.32. The topological polar surface area (TPSA) is 63.6 Å². The molecule has 0 saturated heterocycles. The van der Waals surface area contributed by atoms with Crippen molar-refractivity contribution in [2.24, 2.45) is 56.7 Å². The molecule has 0 radical (unpaired) electrons. The van der Waals surface area contributed by atoms with Crippen LogP contribution in [0.1, 0.15) is 113 Å². The molecule has 5 aliphatic rings. The number of carboxylic acid groups (broad SMARTS) is 1. The number of allylic oxidation sites excluding steroid dienone is 1. The van der Waals surface area contributed by atoms with Gasteiger partial charge >= 0.3 is 11.9 Å². The second-order valence-corrected chi connectivity index (χ2v) is 15.8. The lowest BCUT2D eigenvalue weighted by Crippen LogP contribution is -2.66. The predicted molar refractivity (Wildman–Crippen MR) is 151 cm³/mol. The van der Waals surface area contributed by atoms with Crippen molar-refractivity contribution < 1.29 is 19.4 Å². The summed E-state index contributed by atoms with van der Waals surface area (Å²) in [6.45, 7) is 21.9. The normalized spacial score (nSPS) is 49.3. The molecule has 38 heavy (non-hydrogen) atoms. The van der Waals surface area contributed by atoms with E-state index in [4.69, 9.17) is 9.84 Å². The van der Waals surface area contributed by atoms with Gasteiger partial charge in [-0.15, -0.1) is 0 Å². The van der Waals surface area contributed by atoms with E-state index in [9.17, 15) is 9.59 Å². The number of hydrogen-bond donors (Lipinski definition) is 1. The van der Waals surface area contributed by atoms with E-state index in [-0.39, 0.29) is 16.9 Å². The monoisotopic (exact) mass is 524 g/mol. The van der Waals surface area contributed by atoms with Crippen molar-refractivity contribution in [2.75, 3.05) is 0 Å². The molecule has 0 aliphatic heterocycles. The van der Waals surface area contributed by atoms with Gasteiger partial charge in [0.1, 0.15) is 6.10 Å². The molecule has 0 spiro atoms. The number of carbonyl (C=O) groups excluding carboxylic acids is 1. The summed E-state index contributed by atoms with van der Waals surface area (Å²) in [7, 11) is 0. The molecule has 1 N–H and O–H groups in total. The molecule has 0 aromatic heterocycles. The zero-order chi connectivity index (χ0) is 27.9. The SMILES string of the molecule is C=C(C)[C@@H]1CC[C@]2(C)CC[C@]3(C)[C@H](CC[C@@H]4[C@@]5(C)CCC(OC(=O)/C=C\C(=O)O)C(C)(C)[C@@H]5CC[C@]43C)[C@@H]12. The van der Waals surface area contributed by atoms with Crippen LogP contribution in [0.2, 0.25) is 0 Å². The van der Waals surface area contributed by atoms with Crippen LogP contribution in [-0.4, -0.2) is 23.1 Å². The molecule has 5 aliphatic carbocycles. The molecule has 0 amide bonds. The second-order valence-electron chi connectivity index (χ2n) is 15.8. The van der Waals surface area contributed by atoms with E-state index in [2.05, 4.69) is 55.0 Å². The van der Waals surface area contributed by atoms with Crippen molar-refractivity contribution in [1.82, 2.24) is 0 Å². The summed E-state index contributed by atoms with van der Waals surface area (Å²) in [5, 5.41) is 8.90. The Morgan fingerprint density at radius 1 is 0.816 bits per heavy atom.